The highest BCUT2D eigenvalue weighted by molar-refractivity contribution is 5.77. The van der Waals surface area contributed by atoms with Gasteiger partial charge in [-0.1, -0.05) is 0 Å². The third-order valence-electron chi connectivity index (χ3n) is 2.12. The van der Waals surface area contributed by atoms with Crippen LogP contribution in [0.3, 0.4) is 0 Å². The third-order valence-corrected chi connectivity index (χ3v) is 2.12. The summed E-state index contributed by atoms with van der Waals surface area (Å²) in [6, 6.07) is 0. The largest absolute Gasteiger partial charge is 0.391 e. The fourth-order valence-corrected chi connectivity index (χ4v) is 1.25. The lowest BCUT2D eigenvalue weighted by Gasteiger charge is -2.26. The fourth-order valence-electron chi connectivity index (χ4n) is 1.25. The van der Waals surface area contributed by atoms with Gasteiger partial charge >= 0.3 is 6.18 Å². The van der Waals surface area contributed by atoms with E-state index in [9.17, 15) is 18.0 Å². The Morgan fingerprint density at radius 2 is 1.94 bits per heavy atom. The maximum atomic E-state index is 11.7. The lowest BCUT2D eigenvalue weighted by Crippen LogP contribution is -2.42. The second-order valence-electron chi connectivity index (χ2n) is 3.41. The fraction of sp³-hybridized carbons (Fsp3) is 0.889. The number of alkyl halides is 3. The highest BCUT2D eigenvalue weighted by Crippen LogP contribution is 2.18. The van der Waals surface area contributed by atoms with E-state index in [-0.39, 0.29) is 12.5 Å². The van der Waals surface area contributed by atoms with E-state index in [1.54, 1.807) is 0 Å². The number of amides is 1. The predicted molar refractivity (Wildman–Crippen MR) is 48.9 cm³/mol. The third kappa shape index (κ3) is 5.32. The Labute approximate surface area is 91.3 Å². The van der Waals surface area contributed by atoms with Crippen LogP contribution in [0.5, 0.6) is 0 Å². The van der Waals surface area contributed by atoms with Gasteiger partial charge in [-0.05, 0) is 0 Å². The monoisotopic (exact) mass is 241 g/mol. The summed E-state index contributed by atoms with van der Waals surface area (Å²) in [5.74, 6) is -0.287. The van der Waals surface area contributed by atoms with Crippen LogP contribution in [-0.4, -0.2) is 56.5 Å². The lowest BCUT2D eigenvalue weighted by atomic mass is 10.4. The van der Waals surface area contributed by atoms with Gasteiger partial charge in [-0.2, -0.15) is 13.2 Å². The van der Waals surface area contributed by atoms with Gasteiger partial charge in [0.15, 0.2) is 0 Å². The molecule has 94 valence electrons. The van der Waals surface area contributed by atoms with Crippen molar-refractivity contribution in [2.45, 2.75) is 12.6 Å². The second-order valence-corrected chi connectivity index (χ2v) is 3.41. The van der Waals surface area contributed by atoms with E-state index in [4.69, 9.17) is 4.74 Å². The Morgan fingerprint density at radius 3 is 2.50 bits per heavy atom. The van der Waals surface area contributed by atoms with Crippen molar-refractivity contribution in [1.82, 2.24) is 4.90 Å². The first-order chi connectivity index (χ1) is 7.49. The first-order valence-electron chi connectivity index (χ1n) is 4.99. The van der Waals surface area contributed by atoms with Crippen molar-refractivity contribution in [2.24, 2.45) is 0 Å². The van der Waals surface area contributed by atoms with Crippen LogP contribution in [-0.2, 0) is 14.3 Å². The molecule has 0 unspecified atom stereocenters. The summed E-state index contributed by atoms with van der Waals surface area (Å²) >= 11 is 0. The van der Waals surface area contributed by atoms with E-state index in [0.29, 0.717) is 26.3 Å². The van der Waals surface area contributed by atoms with Crippen LogP contribution < -0.4 is 0 Å². The molecule has 0 aromatic carbocycles. The molecule has 0 saturated carbocycles. The first kappa shape index (κ1) is 13.2. The van der Waals surface area contributed by atoms with E-state index in [1.807, 2.05) is 0 Å². The van der Waals surface area contributed by atoms with Gasteiger partial charge in [0, 0.05) is 13.1 Å². The summed E-state index contributed by atoms with van der Waals surface area (Å²) in [4.78, 5) is 12.9. The van der Waals surface area contributed by atoms with E-state index in [1.165, 1.54) is 4.90 Å². The molecule has 0 N–H and O–H groups in total. The minimum atomic E-state index is -4.23. The highest BCUT2D eigenvalue weighted by Gasteiger charge is 2.26. The number of hydrogen-bond donors (Lipinski definition) is 0. The summed E-state index contributed by atoms with van der Waals surface area (Å²) in [7, 11) is 0. The van der Waals surface area contributed by atoms with Crippen LogP contribution in [0.1, 0.15) is 6.42 Å². The van der Waals surface area contributed by atoms with Crippen LogP contribution in [0.15, 0.2) is 0 Å². The molecule has 0 aliphatic carbocycles. The van der Waals surface area contributed by atoms with Gasteiger partial charge in [0.25, 0.3) is 0 Å². The van der Waals surface area contributed by atoms with Gasteiger partial charge in [0.2, 0.25) is 5.91 Å². The molecule has 1 aliphatic rings. The minimum Gasteiger partial charge on any atom is -0.378 e. The molecule has 1 fully saturated rings. The van der Waals surface area contributed by atoms with Crippen molar-refractivity contribution in [3.63, 3.8) is 0 Å². The Hall–Kier alpha value is -0.820. The zero-order chi connectivity index (χ0) is 12.0. The molecule has 1 rings (SSSR count). The molecule has 1 amide bonds. The lowest BCUT2D eigenvalue weighted by molar-refractivity contribution is -0.153. The van der Waals surface area contributed by atoms with Gasteiger partial charge < -0.3 is 14.4 Å². The molecule has 0 bridgehead atoms. The van der Waals surface area contributed by atoms with Crippen LogP contribution in [0.4, 0.5) is 13.2 Å². The average Bonchev–Trinajstić information content (AvgIpc) is 2.24. The summed E-state index contributed by atoms with van der Waals surface area (Å²) < 4.78 is 44.9. The standard InChI is InChI=1S/C9H14F3NO3/c10-9(11,12)1-4-16-7-8(14)13-2-5-15-6-3-13/h1-7H2. The molecular formula is C9H14F3NO3. The van der Waals surface area contributed by atoms with Crippen molar-refractivity contribution >= 4 is 5.91 Å². The van der Waals surface area contributed by atoms with Crippen LogP contribution in [0, 0.1) is 0 Å². The summed E-state index contributed by atoms with van der Waals surface area (Å²) in [5, 5.41) is 0. The summed E-state index contributed by atoms with van der Waals surface area (Å²) in [6.07, 6.45) is -5.26. The Balaban J connectivity index is 2.10. The SMILES string of the molecule is O=C(COCCC(F)(F)F)N1CCOCC1. The normalized spacial score (nSPS) is 17.6. The average molecular weight is 241 g/mol. The molecule has 0 radical (unpaired) electrons. The number of carbonyl (C=O) groups excluding carboxylic acids is 1. The minimum absolute atomic E-state index is 0.287. The van der Waals surface area contributed by atoms with Crippen molar-refractivity contribution in [1.29, 1.82) is 0 Å². The topological polar surface area (TPSA) is 38.8 Å². The number of morpholine rings is 1. The maximum Gasteiger partial charge on any atom is 0.391 e. The quantitative estimate of drug-likeness (QED) is 0.684. The summed E-state index contributed by atoms with van der Waals surface area (Å²) in [5.41, 5.74) is 0. The molecule has 16 heavy (non-hydrogen) atoms. The maximum absolute atomic E-state index is 11.7. The Bertz CT molecular complexity index is 227. The zero-order valence-electron chi connectivity index (χ0n) is 8.76. The smallest absolute Gasteiger partial charge is 0.378 e. The molecule has 1 saturated heterocycles. The molecule has 0 atom stereocenters. The zero-order valence-corrected chi connectivity index (χ0v) is 8.76. The van der Waals surface area contributed by atoms with E-state index in [2.05, 4.69) is 4.74 Å². The molecule has 1 heterocycles. The van der Waals surface area contributed by atoms with Crippen molar-refractivity contribution in [2.75, 3.05) is 39.5 Å². The number of rotatable bonds is 4. The highest BCUT2D eigenvalue weighted by atomic mass is 19.4. The molecule has 1 aliphatic heterocycles. The molecular weight excluding hydrogens is 227 g/mol. The van der Waals surface area contributed by atoms with Crippen molar-refractivity contribution < 1.29 is 27.4 Å². The number of nitrogens with zero attached hydrogens (tertiary/aromatic N) is 1. The van der Waals surface area contributed by atoms with Gasteiger partial charge in [-0.3, -0.25) is 4.79 Å². The number of carbonyl (C=O) groups is 1. The predicted octanol–water partition coefficient (Wildman–Crippen LogP) is 0.814. The van der Waals surface area contributed by atoms with Crippen LogP contribution >= 0.6 is 0 Å². The second kappa shape index (κ2) is 6.05. The van der Waals surface area contributed by atoms with Gasteiger partial charge in [0.1, 0.15) is 6.61 Å². The van der Waals surface area contributed by atoms with E-state index in [0.717, 1.165) is 0 Å². The molecule has 4 nitrogen and oxygen atoms in total. The number of ether oxygens (including phenoxy) is 2. The van der Waals surface area contributed by atoms with E-state index >= 15 is 0 Å². The van der Waals surface area contributed by atoms with E-state index < -0.39 is 19.2 Å². The summed E-state index contributed by atoms with van der Waals surface area (Å²) in [6.45, 7) is 1.11. The van der Waals surface area contributed by atoms with Crippen molar-refractivity contribution in [3.8, 4) is 0 Å². The molecule has 7 heteroatoms. The van der Waals surface area contributed by atoms with Gasteiger partial charge in [0.05, 0.1) is 26.2 Å². The molecule has 0 spiro atoms. The van der Waals surface area contributed by atoms with Crippen LogP contribution in [0.2, 0.25) is 0 Å². The Kier molecular flexibility index (Phi) is 5.01. The number of halogens is 3. The number of hydrogen-bond acceptors (Lipinski definition) is 3. The Morgan fingerprint density at radius 1 is 1.31 bits per heavy atom. The van der Waals surface area contributed by atoms with Crippen molar-refractivity contribution in [3.05, 3.63) is 0 Å². The van der Waals surface area contributed by atoms with Gasteiger partial charge in [-0.15, -0.1) is 0 Å². The van der Waals surface area contributed by atoms with Crippen LogP contribution in [0.25, 0.3) is 0 Å². The molecule has 0 aromatic heterocycles. The first-order valence-corrected chi connectivity index (χ1v) is 4.99. The molecule has 0 aromatic rings. The van der Waals surface area contributed by atoms with Gasteiger partial charge in [-0.25, -0.2) is 0 Å².